The SMILES string of the molecule is CC1CCCC(C)N1C(N)=NC(N)=Nc1ccc(F)cc1. The lowest BCUT2D eigenvalue weighted by Gasteiger charge is -2.39. The van der Waals surface area contributed by atoms with Crippen LogP contribution in [0.1, 0.15) is 33.1 Å². The molecule has 6 heteroatoms. The smallest absolute Gasteiger partial charge is 0.223 e. The molecule has 0 saturated carbocycles. The summed E-state index contributed by atoms with van der Waals surface area (Å²) in [5.41, 5.74) is 12.4. The van der Waals surface area contributed by atoms with Crippen LogP contribution < -0.4 is 11.5 Å². The normalized spacial score (nSPS) is 24.2. The lowest BCUT2D eigenvalue weighted by atomic mass is 9.98. The molecule has 1 fully saturated rings. The van der Waals surface area contributed by atoms with Crippen molar-refractivity contribution in [1.29, 1.82) is 0 Å². The Labute approximate surface area is 124 Å². The van der Waals surface area contributed by atoms with Crippen LogP contribution in [0.4, 0.5) is 10.1 Å². The highest BCUT2D eigenvalue weighted by atomic mass is 19.1. The first kappa shape index (κ1) is 15.3. The zero-order valence-corrected chi connectivity index (χ0v) is 12.5. The molecule has 1 saturated heterocycles. The molecule has 0 bridgehead atoms. The van der Waals surface area contributed by atoms with E-state index < -0.39 is 0 Å². The van der Waals surface area contributed by atoms with Crippen molar-refractivity contribution < 1.29 is 4.39 Å². The number of nitrogens with zero attached hydrogens (tertiary/aromatic N) is 3. The first-order valence-electron chi connectivity index (χ1n) is 7.19. The summed E-state index contributed by atoms with van der Waals surface area (Å²) in [6, 6.07) is 6.43. The number of hydrogen-bond acceptors (Lipinski definition) is 1. The van der Waals surface area contributed by atoms with Gasteiger partial charge in [0, 0.05) is 12.1 Å². The maximum Gasteiger partial charge on any atom is 0.223 e. The summed E-state index contributed by atoms with van der Waals surface area (Å²) in [5.74, 6) is 0.147. The Bertz CT molecular complexity index is 527. The highest BCUT2D eigenvalue weighted by Crippen LogP contribution is 2.22. The minimum Gasteiger partial charge on any atom is -0.369 e. The van der Waals surface area contributed by atoms with Gasteiger partial charge in [-0.15, -0.1) is 0 Å². The Morgan fingerprint density at radius 1 is 1.14 bits per heavy atom. The minimum absolute atomic E-state index is 0.0732. The number of rotatable bonds is 1. The topological polar surface area (TPSA) is 80.0 Å². The second-order valence-corrected chi connectivity index (χ2v) is 5.45. The zero-order chi connectivity index (χ0) is 15.4. The molecule has 2 unspecified atom stereocenters. The standard InChI is InChI=1S/C15H22FN5/c1-10-4-3-5-11(2)21(10)15(18)20-14(17)19-13-8-6-12(16)7-9-13/h6-11H,3-5H2,1-2H3,(H4,17,18,19,20). The predicted molar refractivity (Wildman–Crippen MR) is 83.9 cm³/mol. The van der Waals surface area contributed by atoms with E-state index in [-0.39, 0.29) is 11.8 Å². The molecular formula is C15H22FN5. The summed E-state index contributed by atoms with van der Waals surface area (Å²) in [6.07, 6.45) is 3.39. The molecule has 21 heavy (non-hydrogen) atoms. The molecule has 0 aliphatic carbocycles. The molecule has 1 aliphatic heterocycles. The predicted octanol–water partition coefficient (Wildman–Crippen LogP) is 2.35. The van der Waals surface area contributed by atoms with Gasteiger partial charge in [0.25, 0.3) is 0 Å². The van der Waals surface area contributed by atoms with Crippen LogP contribution in [0.2, 0.25) is 0 Å². The van der Waals surface area contributed by atoms with Gasteiger partial charge in [-0.2, -0.15) is 4.99 Å². The third-order valence-electron chi connectivity index (χ3n) is 3.76. The highest BCUT2D eigenvalue weighted by Gasteiger charge is 2.26. The fourth-order valence-electron chi connectivity index (χ4n) is 2.72. The van der Waals surface area contributed by atoms with Crippen LogP contribution >= 0.6 is 0 Å². The molecule has 2 rings (SSSR count). The molecule has 114 valence electrons. The van der Waals surface area contributed by atoms with Gasteiger partial charge in [-0.1, -0.05) is 0 Å². The molecule has 0 aromatic heterocycles. The van der Waals surface area contributed by atoms with Crippen LogP contribution in [0.15, 0.2) is 34.3 Å². The van der Waals surface area contributed by atoms with Crippen LogP contribution in [0.25, 0.3) is 0 Å². The average molecular weight is 291 g/mol. The van der Waals surface area contributed by atoms with Gasteiger partial charge in [0.15, 0.2) is 5.96 Å². The first-order chi connectivity index (χ1) is 9.97. The Kier molecular flexibility index (Phi) is 4.77. The molecule has 4 N–H and O–H groups in total. The van der Waals surface area contributed by atoms with E-state index in [4.69, 9.17) is 11.5 Å². The Hall–Kier alpha value is -2.11. The van der Waals surface area contributed by atoms with Crippen LogP contribution in [0, 0.1) is 5.82 Å². The van der Waals surface area contributed by atoms with E-state index in [1.54, 1.807) is 12.1 Å². The minimum atomic E-state index is -0.313. The Balaban J connectivity index is 2.15. The molecular weight excluding hydrogens is 269 g/mol. The summed E-state index contributed by atoms with van der Waals surface area (Å²) in [5, 5.41) is 0. The summed E-state index contributed by atoms with van der Waals surface area (Å²) in [6.45, 7) is 4.26. The Morgan fingerprint density at radius 2 is 1.71 bits per heavy atom. The number of guanidine groups is 2. The molecule has 2 atom stereocenters. The summed E-state index contributed by atoms with van der Waals surface area (Å²) >= 11 is 0. The maximum absolute atomic E-state index is 12.8. The molecule has 1 aromatic rings. The lowest BCUT2D eigenvalue weighted by Crippen LogP contribution is -2.51. The number of nitrogens with two attached hydrogens (primary N) is 2. The fraction of sp³-hybridized carbons (Fsp3) is 0.467. The van der Waals surface area contributed by atoms with Crippen LogP contribution in [-0.2, 0) is 0 Å². The van der Waals surface area contributed by atoms with Gasteiger partial charge >= 0.3 is 0 Å². The monoisotopic (exact) mass is 291 g/mol. The number of halogens is 1. The van der Waals surface area contributed by atoms with Gasteiger partial charge < -0.3 is 16.4 Å². The molecule has 1 aliphatic rings. The zero-order valence-electron chi connectivity index (χ0n) is 12.5. The number of hydrogen-bond donors (Lipinski definition) is 2. The van der Waals surface area contributed by atoms with E-state index in [1.807, 2.05) is 0 Å². The number of piperidine rings is 1. The van der Waals surface area contributed by atoms with Crippen molar-refractivity contribution in [2.24, 2.45) is 21.5 Å². The Morgan fingerprint density at radius 3 is 2.29 bits per heavy atom. The highest BCUT2D eigenvalue weighted by molar-refractivity contribution is 5.94. The van der Waals surface area contributed by atoms with Gasteiger partial charge in [-0.3, -0.25) is 0 Å². The second kappa shape index (κ2) is 6.56. The fourth-order valence-corrected chi connectivity index (χ4v) is 2.72. The largest absolute Gasteiger partial charge is 0.369 e. The quantitative estimate of drug-likeness (QED) is 0.615. The van der Waals surface area contributed by atoms with E-state index in [1.165, 1.54) is 18.6 Å². The second-order valence-electron chi connectivity index (χ2n) is 5.45. The van der Waals surface area contributed by atoms with E-state index in [2.05, 4.69) is 28.7 Å². The van der Waals surface area contributed by atoms with Gasteiger partial charge in [-0.25, -0.2) is 9.38 Å². The van der Waals surface area contributed by atoms with Gasteiger partial charge in [0.2, 0.25) is 5.96 Å². The van der Waals surface area contributed by atoms with E-state index in [0.717, 1.165) is 12.8 Å². The molecule has 0 amide bonds. The maximum atomic E-state index is 12.8. The van der Waals surface area contributed by atoms with Crippen molar-refractivity contribution >= 4 is 17.6 Å². The van der Waals surface area contributed by atoms with Crippen LogP contribution in [0.3, 0.4) is 0 Å². The molecule has 5 nitrogen and oxygen atoms in total. The van der Waals surface area contributed by atoms with Crippen molar-refractivity contribution in [3.8, 4) is 0 Å². The van der Waals surface area contributed by atoms with E-state index in [9.17, 15) is 4.39 Å². The van der Waals surface area contributed by atoms with Crippen molar-refractivity contribution in [3.05, 3.63) is 30.1 Å². The molecule has 1 aromatic carbocycles. The number of aliphatic imine (C=N–C) groups is 2. The van der Waals surface area contributed by atoms with Gasteiger partial charge in [0.1, 0.15) is 5.82 Å². The summed E-state index contributed by atoms with van der Waals surface area (Å²) in [7, 11) is 0. The van der Waals surface area contributed by atoms with Crippen molar-refractivity contribution in [2.45, 2.75) is 45.2 Å². The van der Waals surface area contributed by atoms with E-state index >= 15 is 0 Å². The molecule has 0 spiro atoms. The average Bonchev–Trinajstić information content (AvgIpc) is 2.41. The van der Waals surface area contributed by atoms with Gasteiger partial charge in [0.05, 0.1) is 5.69 Å². The summed E-state index contributed by atoms with van der Waals surface area (Å²) < 4.78 is 12.8. The summed E-state index contributed by atoms with van der Waals surface area (Å²) in [4.78, 5) is 10.4. The lowest BCUT2D eigenvalue weighted by molar-refractivity contribution is 0.189. The number of likely N-dealkylation sites (tertiary alicyclic amines) is 1. The molecule has 1 heterocycles. The van der Waals surface area contributed by atoms with E-state index in [0.29, 0.717) is 23.7 Å². The first-order valence-corrected chi connectivity index (χ1v) is 7.19. The third kappa shape index (κ3) is 3.93. The number of benzene rings is 1. The van der Waals surface area contributed by atoms with Crippen LogP contribution in [-0.4, -0.2) is 28.9 Å². The van der Waals surface area contributed by atoms with Gasteiger partial charge in [-0.05, 0) is 57.4 Å². The van der Waals surface area contributed by atoms with Crippen molar-refractivity contribution in [1.82, 2.24) is 4.90 Å². The molecule has 0 radical (unpaired) electrons. The third-order valence-corrected chi connectivity index (χ3v) is 3.76. The van der Waals surface area contributed by atoms with Crippen LogP contribution in [0.5, 0.6) is 0 Å². The van der Waals surface area contributed by atoms with Crippen molar-refractivity contribution in [2.75, 3.05) is 0 Å². The van der Waals surface area contributed by atoms with Crippen molar-refractivity contribution in [3.63, 3.8) is 0 Å².